The van der Waals surface area contributed by atoms with Crippen LogP contribution in [0.15, 0.2) is 12.1 Å². The molecule has 270 valence electrons. The number of ether oxygens (including phenoxy) is 2. The number of nitrogens with two attached hydrogens (primary N) is 1. The molecule has 47 heavy (non-hydrogen) atoms. The molecule has 4 N–H and O–H groups in total. The van der Waals surface area contributed by atoms with Gasteiger partial charge in [0.2, 0.25) is 0 Å². The minimum atomic E-state index is -4.68. The molecule has 0 aliphatic heterocycles. The number of hydrogen-bond donors (Lipinski definition) is 3. The number of rotatable bonds is 16. The van der Waals surface area contributed by atoms with Crippen LogP contribution in [0.4, 0.5) is 30.7 Å². The first kappa shape index (κ1) is 40.0. The fourth-order valence-corrected chi connectivity index (χ4v) is 6.46. The van der Waals surface area contributed by atoms with Gasteiger partial charge in [-0.2, -0.15) is 26.3 Å². The quantitative estimate of drug-likeness (QED) is 0.0753. The third-order valence-corrected chi connectivity index (χ3v) is 11.2. The number of nitrogens with zero attached hydrogens (tertiary/aromatic N) is 2. The minimum Gasteiger partial charge on any atom is -0.598 e. The van der Waals surface area contributed by atoms with E-state index in [1.54, 1.807) is 26.8 Å². The van der Waals surface area contributed by atoms with Gasteiger partial charge in [0.1, 0.15) is 40.7 Å². The summed E-state index contributed by atoms with van der Waals surface area (Å²) in [7, 11) is -1.52. The van der Waals surface area contributed by atoms with Gasteiger partial charge in [0.05, 0.1) is 11.6 Å². The highest BCUT2D eigenvalue weighted by atomic mass is 32.2. The lowest BCUT2D eigenvalue weighted by Gasteiger charge is -2.32. The highest BCUT2D eigenvalue weighted by Gasteiger charge is 2.43. The zero-order valence-corrected chi connectivity index (χ0v) is 29.9. The molecule has 0 saturated heterocycles. The second-order valence-corrected chi connectivity index (χ2v) is 22.1. The van der Waals surface area contributed by atoms with Gasteiger partial charge in [-0.15, -0.1) is 4.72 Å². The molecule has 0 amide bonds. The molecule has 0 unspecified atom stereocenters. The van der Waals surface area contributed by atoms with Crippen LogP contribution < -0.4 is 15.8 Å². The summed E-state index contributed by atoms with van der Waals surface area (Å²) >= 11 is -1.81. The number of imidazole rings is 1. The Bertz CT molecular complexity index is 1330. The Morgan fingerprint density at radius 2 is 1.70 bits per heavy atom. The third-order valence-electron chi connectivity index (χ3n) is 7.91. The first-order valence-electron chi connectivity index (χ1n) is 15.6. The molecule has 0 spiro atoms. The fraction of sp³-hybridized carbons (Fsp3) is 0.767. The molecular weight excluding hydrogens is 672 g/mol. The van der Waals surface area contributed by atoms with Crippen molar-refractivity contribution in [3.63, 3.8) is 0 Å². The molecule has 1 aromatic heterocycles. The lowest BCUT2D eigenvalue weighted by Crippen LogP contribution is -2.47. The number of fused-ring (bicyclic) bond motifs is 1. The van der Waals surface area contributed by atoms with Gasteiger partial charge in [0.15, 0.2) is 6.10 Å². The lowest BCUT2D eigenvalue weighted by molar-refractivity contribution is -0.227. The van der Waals surface area contributed by atoms with Crippen molar-refractivity contribution >= 4 is 30.5 Å². The highest BCUT2D eigenvalue weighted by molar-refractivity contribution is 7.90. The SMILES string of the molecule is C[C@@H](O[C@H](C)C(F)(F)F)[C@H](N[S@+]([O-])C(C)(C)C)c1nc2cc([C@H](NC[C@H](N)C(F)(F)F)C3CC3)cc(F)c2n1COCC[Si](C)(C)C. The van der Waals surface area contributed by atoms with Crippen LogP contribution in [0.1, 0.15) is 70.9 Å². The minimum absolute atomic E-state index is 0.0114. The summed E-state index contributed by atoms with van der Waals surface area (Å²) in [5.74, 6) is -0.747. The predicted octanol–water partition coefficient (Wildman–Crippen LogP) is 6.87. The molecule has 3 rings (SSSR count). The molecule has 0 radical (unpaired) electrons. The summed E-state index contributed by atoms with van der Waals surface area (Å²) in [6, 6.07) is -0.402. The number of benzene rings is 1. The van der Waals surface area contributed by atoms with Crippen LogP contribution >= 0.6 is 0 Å². The Balaban J connectivity index is 2.13. The van der Waals surface area contributed by atoms with Gasteiger partial charge in [-0.05, 0) is 77.1 Å². The Kier molecular flexibility index (Phi) is 12.9. The van der Waals surface area contributed by atoms with E-state index in [0.29, 0.717) is 12.2 Å². The molecule has 17 heteroatoms. The van der Waals surface area contributed by atoms with Crippen LogP contribution in [0.5, 0.6) is 0 Å². The fourth-order valence-electron chi connectivity index (χ4n) is 4.82. The van der Waals surface area contributed by atoms with Crippen molar-refractivity contribution in [2.24, 2.45) is 11.7 Å². The molecule has 2 aromatic rings. The lowest BCUT2D eigenvalue weighted by atomic mass is 10.0. The smallest absolute Gasteiger partial charge is 0.414 e. The maximum absolute atomic E-state index is 16.1. The van der Waals surface area contributed by atoms with E-state index in [2.05, 4.69) is 34.7 Å². The molecule has 0 bridgehead atoms. The van der Waals surface area contributed by atoms with Crippen molar-refractivity contribution in [3.8, 4) is 0 Å². The molecule has 1 saturated carbocycles. The number of halogens is 7. The molecule has 1 fully saturated rings. The Hall–Kier alpha value is -1.47. The molecule has 1 aliphatic rings. The first-order valence-corrected chi connectivity index (χ1v) is 20.5. The summed E-state index contributed by atoms with van der Waals surface area (Å²) in [6.45, 7) is 13.3. The zero-order chi connectivity index (χ0) is 35.7. The number of hydrogen-bond acceptors (Lipinski definition) is 7. The van der Waals surface area contributed by atoms with Crippen molar-refractivity contribution in [1.29, 1.82) is 0 Å². The van der Waals surface area contributed by atoms with Crippen LogP contribution in [-0.4, -0.2) is 70.7 Å². The van der Waals surface area contributed by atoms with Gasteiger partial charge in [-0.1, -0.05) is 19.6 Å². The van der Waals surface area contributed by atoms with E-state index < -0.39 is 79.2 Å². The molecule has 1 aromatic carbocycles. The van der Waals surface area contributed by atoms with Gasteiger partial charge in [-0.25, -0.2) is 9.37 Å². The molecule has 6 atom stereocenters. The summed E-state index contributed by atoms with van der Waals surface area (Å²) in [6.07, 6.45) is -11.3. The van der Waals surface area contributed by atoms with Crippen molar-refractivity contribution in [2.75, 3.05) is 13.2 Å². The molecule has 1 aliphatic carbocycles. The van der Waals surface area contributed by atoms with Crippen LogP contribution in [-0.2, 0) is 27.6 Å². The van der Waals surface area contributed by atoms with Gasteiger partial charge < -0.3 is 25.1 Å². The van der Waals surface area contributed by atoms with Crippen molar-refractivity contribution in [1.82, 2.24) is 19.6 Å². The Morgan fingerprint density at radius 3 is 2.21 bits per heavy atom. The Labute approximate surface area is 276 Å². The second-order valence-electron chi connectivity index (χ2n) is 14.5. The summed E-state index contributed by atoms with van der Waals surface area (Å²) in [5.41, 5.74) is 5.78. The predicted molar refractivity (Wildman–Crippen MR) is 171 cm³/mol. The maximum atomic E-state index is 16.1. The molecule has 1 heterocycles. The van der Waals surface area contributed by atoms with E-state index >= 15 is 4.39 Å². The van der Waals surface area contributed by atoms with Crippen molar-refractivity contribution in [3.05, 3.63) is 29.3 Å². The van der Waals surface area contributed by atoms with Gasteiger partial charge in [-0.3, -0.25) is 4.57 Å². The maximum Gasteiger partial charge on any atom is 0.414 e. The normalized spacial score (nSPS) is 19.1. The average Bonchev–Trinajstić information content (AvgIpc) is 3.68. The van der Waals surface area contributed by atoms with Crippen LogP contribution in [0.2, 0.25) is 25.7 Å². The Morgan fingerprint density at radius 1 is 1.09 bits per heavy atom. The van der Waals surface area contributed by atoms with Crippen molar-refractivity contribution < 1.29 is 44.8 Å². The number of nitrogens with one attached hydrogen (secondary N) is 2. The standard InChI is InChI=1S/C30H48F7N5O3SSi/c1-17(45-18(2)29(32,33)34)24(41-46(43)28(3,4)5)27-40-22-14-20(25(19-9-10-19)39-15-23(38)30(35,36)37)13-21(31)26(22)42(27)16-44-11-12-47(6,7)8/h13-14,17-19,23-25,39,41H,9-12,15-16,38H2,1-8H3/t17-,18-,23+,24+,25-,46-/m1/s1. The monoisotopic (exact) mass is 719 g/mol. The highest BCUT2D eigenvalue weighted by Crippen LogP contribution is 2.42. The van der Waals surface area contributed by atoms with E-state index in [4.69, 9.17) is 15.2 Å². The van der Waals surface area contributed by atoms with Gasteiger partial charge in [0, 0.05) is 38.6 Å². The molecular formula is C30H48F7N5O3SSi. The van der Waals surface area contributed by atoms with Crippen molar-refractivity contribution in [2.45, 2.75) is 127 Å². The third kappa shape index (κ3) is 11.3. The van der Waals surface area contributed by atoms with E-state index in [9.17, 15) is 30.9 Å². The van der Waals surface area contributed by atoms with Crippen LogP contribution in [0.25, 0.3) is 11.0 Å². The van der Waals surface area contributed by atoms with Gasteiger partial charge in [0.25, 0.3) is 0 Å². The summed E-state index contributed by atoms with van der Waals surface area (Å²) in [4.78, 5) is 4.65. The van der Waals surface area contributed by atoms with E-state index in [1.807, 2.05) is 0 Å². The van der Waals surface area contributed by atoms with E-state index in [0.717, 1.165) is 25.8 Å². The van der Waals surface area contributed by atoms with Crippen LogP contribution in [0, 0.1) is 11.7 Å². The summed E-state index contributed by atoms with van der Waals surface area (Å²) in [5, 5.41) is 2.85. The summed E-state index contributed by atoms with van der Waals surface area (Å²) < 4.78 is 124. The average molecular weight is 720 g/mol. The molecule has 8 nitrogen and oxygen atoms in total. The van der Waals surface area contributed by atoms with E-state index in [1.165, 1.54) is 17.6 Å². The largest absolute Gasteiger partial charge is 0.598 e. The van der Waals surface area contributed by atoms with E-state index in [-0.39, 0.29) is 29.5 Å². The van der Waals surface area contributed by atoms with Gasteiger partial charge >= 0.3 is 12.4 Å². The topological polar surface area (TPSA) is 109 Å². The second kappa shape index (κ2) is 15.2. The first-order chi connectivity index (χ1) is 21.4. The number of alkyl halides is 6. The zero-order valence-electron chi connectivity index (χ0n) is 28.1. The van der Waals surface area contributed by atoms with Crippen LogP contribution in [0.3, 0.4) is 0 Å². The number of aromatic nitrogens is 2.